The lowest BCUT2D eigenvalue weighted by molar-refractivity contribution is 0.384. The average Bonchev–Trinajstić information content (AvgIpc) is 2.99. The Morgan fingerprint density at radius 2 is 2.16 bits per heavy atom. The predicted molar refractivity (Wildman–Crippen MR) is 76.2 cm³/mol. The van der Waals surface area contributed by atoms with E-state index in [1.54, 1.807) is 11.3 Å². The number of aromatic nitrogens is 2. The van der Waals surface area contributed by atoms with E-state index in [-0.39, 0.29) is 5.54 Å². The standard InChI is InChI=1S/C14H19N3OS/c1-14(2,3)15-8-12-16-17-13(18-12)11-7-9-5-4-6-10(9)19-11/h7,15H,4-6,8H2,1-3H3. The van der Waals surface area contributed by atoms with Gasteiger partial charge in [0, 0.05) is 10.4 Å². The van der Waals surface area contributed by atoms with Gasteiger partial charge in [0.1, 0.15) is 0 Å². The first kappa shape index (κ1) is 12.8. The highest BCUT2D eigenvalue weighted by Gasteiger charge is 2.19. The molecule has 3 rings (SSSR count). The van der Waals surface area contributed by atoms with E-state index in [9.17, 15) is 0 Å². The SMILES string of the molecule is CC(C)(C)NCc1nnc(-c2cc3c(s2)CCC3)o1. The first-order valence-electron chi connectivity index (χ1n) is 6.71. The van der Waals surface area contributed by atoms with E-state index in [2.05, 4.69) is 42.4 Å². The van der Waals surface area contributed by atoms with Crippen molar-refractivity contribution in [1.82, 2.24) is 15.5 Å². The Bertz CT molecular complexity index is 558. The van der Waals surface area contributed by atoms with E-state index in [4.69, 9.17) is 4.42 Å². The lowest BCUT2D eigenvalue weighted by atomic mass is 10.1. The van der Waals surface area contributed by atoms with Gasteiger partial charge in [-0.1, -0.05) is 0 Å². The molecular weight excluding hydrogens is 258 g/mol. The van der Waals surface area contributed by atoms with E-state index in [0.717, 1.165) is 4.88 Å². The summed E-state index contributed by atoms with van der Waals surface area (Å²) in [5.41, 5.74) is 1.52. The van der Waals surface area contributed by atoms with Crippen molar-refractivity contribution in [3.05, 3.63) is 22.4 Å². The van der Waals surface area contributed by atoms with Gasteiger partial charge in [-0.2, -0.15) is 0 Å². The van der Waals surface area contributed by atoms with E-state index >= 15 is 0 Å². The summed E-state index contributed by atoms with van der Waals surface area (Å²) in [7, 11) is 0. The molecule has 1 aliphatic rings. The summed E-state index contributed by atoms with van der Waals surface area (Å²) in [6.45, 7) is 6.97. The summed E-state index contributed by atoms with van der Waals surface area (Å²) in [4.78, 5) is 2.60. The summed E-state index contributed by atoms with van der Waals surface area (Å²) in [5.74, 6) is 1.31. The second kappa shape index (κ2) is 4.72. The number of fused-ring (bicyclic) bond motifs is 1. The molecule has 5 heteroatoms. The van der Waals surface area contributed by atoms with E-state index in [1.807, 2.05) is 0 Å². The number of aryl methyl sites for hydroxylation is 2. The molecule has 0 unspecified atom stereocenters. The fourth-order valence-electron chi connectivity index (χ4n) is 2.20. The fraction of sp³-hybridized carbons (Fsp3) is 0.571. The average molecular weight is 277 g/mol. The van der Waals surface area contributed by atoms with Crippen molar-refractivity contribution in [3.8, 4) is 10.8 Å². The molecule has 0 aliphatic heterocycles. The van der Waals surface area contributed by atoms with Gasteiger partial charge in [0.05, 0.1) is 11.4 Å². The van der Waals surface area contributed by atoms with Gasteiger partial charge >= 0.3 is 0 Å². The van der Waals surface area contributed by atoms with Crippen LogP contribution in [0.25, 0.3) is 10.8 Å². The van der Waals surface area contributed by atoms with Crippen LogP contribution in [0, 0.1) is 0 Å². The van der Waals surface area contributed by atoms with Crippen molar-refractivity contribution < 1.29 is 4.42 Å². The van der Waals surface area contributed by atoms with Gasteiger partial charge in [0.25, 0.3) is 5.89 Å². The minimum Gasteiger partial charge on any atom is -0.419 e. The molecule has 1 aliphatic carbocycles. The molecule has 2 aromatic heterocycles. The Labute approximate surface area is 117 Å². The van der Waals surface area contributed by atoms with Gasteiger partial charge in [-0.3, -0.25) is 0 Å². The van der Waals surface area contributed by atoms with Crippen molar-refractivity contribution in [2.45, 2.75) is 52.1 Å². The number of nitrogens with one attached hydrogen (secondary N) is 1. The van der Waals surface area contributed by atoms with Crippen LogP contribution in [-0.4, -0.2) is 15.7 Å². The molecule has 2 aromatic rings. The van der Waals surface area contributed by atoms with Crippen LogP contribution in [-0.2, 0) is 19.4 Å². The molecule has 0 spiro atoms. The maximum absolute atomic E-state index is 5.73. The number of hydrogen-bond donors (Lipinski definition) is 1. The quantitative estimate of drug-likeness (QED) is 0.936. The maximum Gasteiger partial charge on any atom is 0.257 e. The topological polar surface area (TPSA) is 51.0 Å². The Morgan fingerprint density at radius 1 is 1.32 bits per heavy atom. The van der Waals surface area contributed by atoms with Crippen LogP contribution in [0.5, 0.6) is 0 Å². The van der Waals surface area contributed by atoms with Crippen molar-refractivity contribution in [2.75, 3.05) is 0 Å². The lowest BCUT2D eigenvalue weighted by Crippen LogP contribution is -2.35. The first-order chi connectivity index (χ1) is 9.01. The van der Waals surface area contributed by atoms with Crippen molar-refractivity contribution in [2.24, 2.45) is 0 Å². The molecule has 0 bridgehead atoms. The van der Waals surface area contributed by atoms with E-state index in [1.165, 1.54) is 29.7 Å². The molecule has 0 saturated carbocycles. The van der Waals surface area contributed by atoms with Crippen LogP contribution in [0.15, 0.2) is 10.5 Å². The summed E-state index contributed by atoms with van der Waals surface area (Å²) >= 11 is 1.80. The summed E-state index contributed by atoms with van der Waals surface area (Å²) in [6.07, 6.45) is 3.68. The fourth-order valence-corrected chi connectivity index (χ4v) is 3.37. The second-order valence-electron chi connectivity index (χ2n) is 6.02. The molecule has 0 amide bonds. The largest absolute Gasteiger partial charge is 0.419 e. The summed E-state index contributed by atoms with van der Waals surface area (Å²) in [5, 5.41) is 11.6. The highest BCUT2D eigenvalue weighted by molar-refractivity contribution is 7.15. The van der Waals surface area contributed by atoms with Crippen molar-refractivity contribution in [3.63, 3.8) is 0 Å². The number of thiophene rings is 1. The van der Waals surface area contributed by atoms with Crippen LogP contribution < -0.4 is 5.32 Å². The zero-order chi connectivity index (χ0) is 13.5. The maximum atomic E-state index is 5.73. The van der Waals surface area contributed by atoms with Crippen LogP contribution in [0.3, 0.4) is 0 Å². The Kier molecular flexibility index (Phi) is 3.19. The molecule has 0 aromatic carbocycles. The molecule has 4 nitrogen and oxygen atoms in total. The van der Waals surface area contributed by atoms with Gasteiger partial charge in [0.15, 0.2) is 0 Å². The highest BCUT2D eigenvalue weighted by Crippen LogP contribution is 2.35. The van der Waals surface area contributed by atoms with Crippen LogP contribution in [0.2, 0.25) is 0 Å². The van der Waals surface area contributed by atoms with Crippen LogP contribution in [0.1, 0.15) is 43.5 Å². The third-order valence-corrected chi connectivity index (χ3v) is 4.42. The molecule has 0 radical (unpaired) electrons. The zero-order valence-electron chi connectivity index (χ0n) is 11.6. The smallest absolute Gasteiger partial charge is 0.257 e. The van der Waals surface area contributed by atoms with E-state index in [0.29, 0.717) is 18.3 Å². The van der Waals surface area contributed by atoms with Crippen molar-refractivity contribution in [1.29, 1.82) is 0 Å². The van der Waals surface area contributed by atoms with Crippen LogP contribution >= 0.6 is 11.3 Å². The van der Waals surface area contributed by atoms with Gasteiger partial charge in [-0.25, -0.2) is 0 Å². The number of rotatable bonds is 3. The normalized spacial score (nSPS) is 14.9. The molecule has 2 heterocycles. The molecule has 19 heavy (non-hydrogen) atoms. The third kappa shape index (κ3) is 2.87. The minimum absolute atomic E-state index is 0.0543. The highest BCUT2D eigenvalue weighted by atomic mass is 32.1. The van der Waals surface area contributed by atoms with E-state index < -0.39 is 0 Å². The molecule has 0 atom stereocenters. The lowest BCUT2D eigenvalue weighted by Gasteiger charge is -2.18. The van der Waals surface area contributed by atoms with Gasteiger partial charge in [-0.05, 0) is 51.7 Å². The molecule has 1 N–H and O–H groups in total. The Hall–Kier alpha value is -1.20. The van der Waals surface area contributed by atoms with Gasteiger partial charge in [0.2, 0.25) is 5.89 Å². The third-order valence-electron chi connectivity index (χ3n) is 3.19. The van der Waals surface area contributed by atoms with Gasteiger partial charge in [-0.15, -0.1) is 21.5 Å². The van der Waals surface area contributed by atoms with Crippen molar-refractivity contribution >= 4 is 11.3 Å². The summed E-state index contributed by atoms with van der Waals surface area (Å²) < 4.78 is 5.73. The van der Waals surface area contributed by atoms with Crippen LogP contribution in [0.4, 0.5) is 0 Å². The monoisotopic (exact) mass is 277 g/mol. The second-order valence-corrected chi connectivity index (χ2v) is 7.15. The Morgan fingerprint density at radius 3 is 2.89 bits per heavy atom. The Balaban J connectivity index is 1.73. The molecule has 0 fully saturated rings. The zero-order valence-corrected chi connectivity index (χ0v) is 12.4. The number of hydrogen-bond acceptors (Lipinski definition) is 5. The predicted octanol–water partition coefficient (Wildman–Crippen LogP) is 3.17. The number of nitrogens with zero attached hydrogens (tertiary/aromatic N) is 2. The molecule has 0 saturated heterocycles. The first-order valence-corrected chi connectivity index (χ1v) is 7.52. The molecular formula is C14H19N3OS. The molecule has 102 valence electrons. The minimum atomic E-state index is 0.0543. The van der Waals surface area contributed by atoms with Gasteiger partial charge < -0.3 is 9.73 Å². The summed E-state index contributed by atoms with van der Waals surface area (Å²) in [6, 6.07) is 2.21.